The third-order valence-corrected chi connectivity index (χ3v) is 8.51. The fourth-order valence-electron chi connectivity index (χ4n) is 6.43. The first-order valence-electron chi connectivity index (χ1n) is 12.0. The predicted molar refractivity (Wildman–Crippen MR) is 119 cm³/mol. The van der Waals surface area contributed by atoms with Gasteiger partial charge in [-0.1, -0.05) is 37.6 Å². The monoisotopic (exact) mass is 480 g/mol. The minimum Gasteiger partial charge on any atom is -0.481 e. The first-order chi connectivity index (χ1) is 15.7. The Hall–Kier alpha value is -1.22. The van der Waals surface area contributed by atoms with E-state index in [1.165, 1.54) is 0 Å². The van der Waals surface area contributed by atoms with E-state index >= 15 is 0 Å². The summed E-state index contributed by atoms with van der Waals surface area (Å²) in [7, 11) is 0. The molecule has 2 bridgehead atoms. The Bertz CT molecular complexity index is 878. The number of hydrogen-bond donors (Lipinski definition) is 1. The van der Waals surface area contributed by atoms with Gasteiger partial charge in [0.15, 0.2) is 18.2 Å². The molecule has 0 amide bonds. The van der Waals surface area contributed by atoms with Gasteiger partial charge in [-0.3, -0.25) is 4.79 Å². The molecule has 1 N–H and O–H groups in total. The Morgan fingerprint density at radius 3 is 2.67 bits per heavy atom. The average molecular weight is 481 g/mol. The van der Waals surface area contributed by atoms with Crippen LogP contribution in [0.2, 0.25) is 5.02 Å². The predicted octanol–water partition coefficient (Wildman–Crippen LogP) is 5.47. The van der Waals surface area contributed by atoms with Gasteiger partial charge in [-0.05, 0) is 62.1 Å². The van der Waals surface area contributed by atoms with Crippen LogP contribution in [0.3, 0.4) is 0 Å². The van der Waals surface area contributed by atoms with E-state index in [4.69, 9.17) is 35.6 Å². The number of benzene rings is 1. The first-order valence-corrected chi connectivity index (χ1v) is 12.4. The van der Waals surface area contributed by atoms with E-state index in [2.05, 4.69) is 13.8 Å². The lowest BCUT2D eigenvalue weighted by Gasteiger charge is -2.60. The number of rotatable bonds is 6. The fraction of sp³-hybridized carbons (Fsp3) is 0.720. The Morgan fingerprint density at radius 1 is 1.18 bits per heavy atom. The third-order valence-electron chi connectivity index (χ3n) is 8.26. The van der Waals surface area contributed by atoms with Gasteiger partial charge in [0.2, 0.25) is 5.79 Å². The molecule has 9 atom stereocenters. The molecule has 0 unspecified atom stereocenters. The number of fused-ring (bicyclic) bond motifs is 2. The van der Waals surface area contributed by atoms with Crippen molar-refractivity contribution >= 4 is 17.6 Å². The fourth-order valence-corrected chi connectivity index (χ4v) is 6.56. The van der Waals surface area contributed by atoms with E-state index in [0.29, 0.717) is 17.4 Å². The maximum atomic E-state index is 11.3. The van der Waals surface area contributed by atoms with Crippen molar-refractivity contribution < 1.29 is 33.9 Å². The Balaban J connectivity index is 1.43. The molecule has 4 saturated heterocycles. The quantitative estimate of drug-likeness (QED) is 0.540. The summed E-state index contributed by atoms with van der Waals surface area (Å²) in [5, 5.41) is 9.90. The maximum absolute atomic E-state index is 11.3. The largest absolute Gasteiger partial charge is 0.481 e. The number of carboxylic acids is 1. The van der Waals surface area contributed by atoms with Gasteiger partial charge in [0.25, 0.3) is 0 Å². The van der Waals surface area contributed by atoms with E-state index < -0.39 is 36.0 Å². The normalized spacial score (nSPS) is 42.9. The zero-order chi connectivity index (χ0) is 23.4. The number of carbonyl (C=O) groups is 1. The van der Waals surface area contributed by atoms with Crippen LogP contribution in [0.15, 0.2) is 24.3 Å². The van der Waals surface area contributed by atoms with Crippen molar-refractivity contribution in [3.05, 3.63) is 34.9 Å². The number of carboxylic acid groups (broad SMARTS) is 1. The lowest BCUT2D eigenvalue weighted by atomic mass is 9.58. The van der Waals surface area contributed by atoms with Crippen molar-refractivity contribution in [1.29, 1.82) is 0 Å². The molecule has 0 aromatic heterocycles. The molecule has 8 heteroatoms. The molecule has 1 aromatic rings. The third kappa shape index (κ3) is 4.11. The number of hydrogen-bond acceptors (Lipinski definition) is 6. The van der Waals surface area contributed by atoms with Crippen molar-refractivity contribution in [1.82, 2.24) is 0 Å². The van der Waals surface area contributed by atoms with Gasteiger partial charge in [0, 0.05) is 29.7 Å². The Labute approximate surface area is 199 Å². The van der Waals surface area contributed by atoms with Crippen LogP contribution in [-0.2, 0) is 28.8 Å². The second-order valence-electron chi connectivity index (χ2n) is 10.4. The van der Waals surface area contributed by atoms with Gasteiger partial charge in [0.1, 0.15) is 0 Å². The second-order valence-corrected chi connectivity index (χ2v) is 10.8. The van der Waals surface area contributed by atoms with Crippen molar-refractivity contribution in [3.8, 4) is 0 Å². The zero-order valence-corrected chi connectivity index (χ0v) is 20.1. The highest BCUT2D eigenvalue weighted by Crippen LogP contribution is 2.60. The van der Waals surface area contributed by atoms with E-state index in [1.54, 1.807) is 12.1 Å². The van der Waals surface area contributed by atoms with Gasteiger partial charge in [-0.2, -0.15) is 0 Å². The Kier molecular flexibility index (Phi) is 6.25. The summed E-state index contributed by atoms with van der Waals surface area (Å²) in [5.74, 6) is -0.765. The molecule has 0 radical (unpaired) electrons. The number of ether oxygens (including phenoxy) is 3. The van der Waals surface area contributed by atoms with Crippen LogP contribution in [-0.4, -0.2) is 35.0 Å². The molecule has 5 fully saturated rings. The maximum Gasteiger partial charge on any atom is 0.303 e. The van der Waals surface area contributed by atoms with Crippen LogP contribution < -0.4 is 0 Å². The topological polar surface area (TPSA) is 83.5 Å². The number of halogens is 1. The van der Waals surface area contributed by atoms with Crippen molar-refractivity contribution in [2.45, 2.75) is 89.4 Å². The van der Waals surface area contributed by atoms with E-state index in [1.807, 2.05) is 19.1 Å². The lowest BCUT2D eigenvalue weighted by molar-refractivity contribution is -0.578. The summed E-state index contributed by atoms with van der Waals surface area (Å²) < 4.78 is 19.4. The smallest absolute Gasteiger partial charge is 0.303 e. The highest BCUT2D eigenvalue weighted by atomic mass is 35.5. The van der Waals surface area contributed by atoms with E-state index in [9.17, 15) is 9.90 Å². The summed E-state index contributed by atoms with van der Waals surface area (Å²) in [6, 6.07) is 7.34. The standard InChI is InChI=1S/C25H33ClO7/c1-14-4-9-19-15(2)22(29-20(10-11-21(27)28)16-5-7-17(26)8-6-16)30-23-25(19)18(14)12-13-24(3,31-23)32-33-25/h5-8,14-15,18-20,22-23H,4,9-13H2,1-3H3,(H,27,28)/t14-,15-,18+,19+,20-,22+,23-,24-,25-/m1/s1. The molecular formula is C25H33ClO7. The van der Waals surface area contributed by atoms with Gasteiger partial charge in [-0.25, -0.2) is 9.78 Å². The molecule has 1 spiro atoms. The highest BCUT2D eigenvalue weighted by Gasteiger charge is 2.69. The van der Waals surface area contributed by atoms with Crippen molar-refractivity contribution in [3.63, 3.8) is 0 Å². The average Bonchev–Trinajstić information content (AvgIpc) is 3.01. The van der Waals surface area contributed by atoms with Crippen molar-refractivity contribution in [2.24, 2.45) is 23.7 Å². The minimum atomic E-state index is -0.860. The molecule has 7 nitrogen and oxygen atoms in total. The van der Waals surface area contributed by atoms with Crippen LogP contribution in [0, 0.1) is 23.7 Å². The highest BCUT2D eigenvalue weighted by molar-refractivity contribution is 6.30. The first kappa shape index (κ1) is 23.5. The molecule has 4 aliphatic heterocycles. The molecule has 6 rings (SSSR count). The second kappa shape index (κ2) is 8.77. The summed E-state index contributed by atoms with van der Waals surface area (Å²) in [4.78, 5) is 23.4. The molecule has 1 saturated carbocycles. The number of aliphatic carboxylic acids is 1. The van der Waals surface area contributed by atoms with Crippen LogP contribution in [0.25, 0.3) is 0 Å². The van der Waals surface area contributed by atoms with Crippen LogP contribution in [0.4, 0.5) is 0 Å². The molecular weight excluding hydrogens is 448 g/mol. The molecule has 5 aliphatic rings. The zero-order valence-electron chi connectivity index (χ0n) is 19.4. The summed E-state index contributed by atoms with van der Waals surface area (Å²) >= 11 is 6.07. The summed E-state index contributed by atoms with van der Waals surface area (Å²) in [5.41, 5.74) is 0.228. The lowest BCUT2D eigenvalue weighted by Crippen LogP contribution is -2.70. The summed E-state index contributed by atoms with van der Waals surface area (Å²) in [6.45, 7) is 6.32. The molecule has 33 heavy (non-hydrogen) atoms. The molecule has 1 aliphatic carbocycles. The molecule has 4 heterocycles. The van der Waals surface area contributed by atoms with Crippen LogP contribution >= 0.6 is 11.6 Å². The SMILES string of the molecule is C[C@H]1[C@@H](O[C@H](CCC(=O)O)c2ccc(Cl)cc2)O[C@@H]2O[C@@]3(C)CC[C@H]4[C@H](C)CC[C@@H]1[C@@]24OO3. The van der Waals surface area contributed by atoms with E-state index in [0.717, 1.165) is 31.2 Å². The van der Waals surface area contributed by atoms with Gasteiger partial charge >= 0.3 is 5.97 Å². The minimum absolute atomic E-state index is 0.00367. The molecule has 182 valence electrons. The van der Waals surface area contributed by atoms with Crippen LogP contribution in [0.5, 0.6) is 0 Å². The van der Waals surface area contributed by atoms with Gasteiger partial charge < -0.3 is 19.3 Å². The van der Waals surface area contributed by atoms with Gasteiger partial charge in [-0.15, -0.1) is 0 Å². The Morgan fingerprint density at radius 2 is 1.94 bits per heavy atom. The van der Waals surface area contributed by atoms with Crippen LogP contribution in [0.1, 0.15) is 71.0 Å². The molecule has 1 aromatic carbocycles. The summed E-state index contributed by atoms with van der Waals surface area (Å²) in [6.07, 6.45) is 2.56. The van der Waals surface area contributed by atoms with Gasteiger partial charge in [0.05, 0.1) is 6.10 Å². The van der Waals surface area contributed by atoms with E-state index in [-0.39, 0.29) is 24.2 Å². The van der Waals surface area contributed by atoms with Crippen molar-refractivity contribution in [2.75, 3.05) is 0 Å².